The second-order valence-corrected chi connectivity index (χ2v) is 8.91. The molecule has 3 saturated heterocycles. The average Bonchev–Trinajstić information content (AvgIpc) is 3.46. The Morgan fingerprint density at radius 3 is 2.75 bits per heavy atom. The summed E-state index contributed by atoms with van der Waals surface area (Å²) in [6.07, 6.45) is 5.77. The zero-order chi connectivity index (χ0) is 19.5. The van der Waals surface area contributed by atoms with Crippen molar-refractivity contribution in [1.29, 1.82) is 0 Å². The Morgan fingerprint density at radius 2 is 1.96 bits per heavy atom. The molecule has 9 heteroatoms. The first-order valence-electron chi connectivity index (χ1n) is 10.6. The summed E-state index contributed by atoms with van der Waals surface area (Å²) < 4.78 is 0. The number of carbonyl (C=O) groups excluding carboxylic acids is 2. The first kappa shape index (κ1) is 19.6. The molecule has 154 valence electrons. The van der Waals surface area contributed by atoms with Gasteiger partial charge in [0.2, 0.25) is 22.1 Å². The van der Waals surface area contributed by atoms with Gasteiger partial charge in [0.1, 0.15) is 0 Å². The van der Waals surface area contributed by atoms with Gasteiger partial charge in [-0.05, 0) is 45.2 Å². The molecule has 0 aromatic carbocycles. The number of rotatable bonds is 6. The Hall–Kier alpha value is -1.74. The van der Waals surface area contributed by atoms with Gasteiger partial charge in [0, 0.05) is 38.6 Å². The number of nitrogens with zero attached hydrogens (tertiary/aromatic N) is 5. The van der Waals surface area contributed by atoms with Crippen molar-refractivity contribution < 1.29 is 9.59 Å². The lowest BCUT2D eigenvalue weighted by molar-refractivity contribution is -0.125. The van der Waals surface area contributed by atoms with Crippen molar-refractivity contribution in [1.82, 2.24) is 20.4 Å². The topological polar surface area (TPSA) is 81.7 Å². The second kappa shape index (κ2) is 8.73. The van der Waals surface area contributed by atoms with Crippen LogP contribution in [0.1, 0.15) is 45.4 Å². The van der Waals surface area contributed by atoms with Gasteiger partial charge in [0.15, 0.2) is 0 Å². The van der Waals surface area contributed by atoms with Gasteiger partial charge in [-0.1, -0.05) is 18.3 Å². The van der Waals surface area contributed by atoms with Crippen molar-refractivity contribution >= 4 is 33.4 Å². The third-order valence-electron chi connectivity index (χ3n) is 6.19. The lowest BCUT2D eigenvalue weighted by Gasteiger charge is -2.32. The number of likely N-dealkylation sites (N-methyl/N-ethyl adjacent to an activating group) is 1. The average molecular weight is 407 g/mol. The fourth-order valence-electron chi connectivity index (χ4n) is 4.57. The summed E-state index contributed by atoms with van der Waals surface area (Å²) in [4.78, 5) is 31.0. The number of hydrogen-bond acceptors (Lipinski definition) is 7. The summed E-state index contributed by atoms with van der Waals surface area (Å²) in [6, 6.07) is 0.484. The summed E-state index contributed by atoms with van der Waals surface area (Å²) in [6.45, 7) is 7.43. The molecule has 0 saturated carbocycles. The van der Waals surface area contributed by atoms with Crippen LogP contribution in [0.5, 0.6) is 0 Å². The number of amides is 2. The third-order valence-corrected chi connectivity index (χ3v) is 7.19. The van der Waals surface area contributed by atoms with E-state index in [0.29, 0.717) is 24.1 Å². The van der Waals surface area contributed by atoms with Crippen LogP contribution in [0.4, 0.5) is 10.3 Å². The van der Waals surface area contributed by atoms with Crippen molar-refractivity contribution in [2.45, 2.75) is 51.5 Å². The highest BCUT2D eigenvalue weighted by Crippen LogP contribution is 2.32. The quantitative estimate of drug-likeness (QED) is 0.771. The van der Waals surface area contributed by atoms with E-state index >= 15 is 0 Å². The largest absolute Gasteiger partial charge is 0.354 e. The minimum atomic E-state index is -0.00833. The highest BCUT2D eigenvalue weighted by atomic mass is 32.1. The molecule has 2 amide bonds. The van der Waals surface area contributed by atoms with Gasteiger partial charge in [-0.25, -0.2) is 0 Å². The molecule has 1 aromatic rings. The predicted molar refractivity (Wildman–Crippen MR) is 110 cm³/mol. The molecule has 3 aliphatic heterocycles. The van der Waals surface area contributed by atoms with Crippen molar-refractivity contribution in [2.24, 2.45) is 5.92 Å². The molecule has 4 heterocycles. The monoisotopic (exact) mass is 406 g/mol. The zero-order valence-electron chi connectivity index (χ0n) is 16.6. The fourth-order valence-corrected chi connectivity index (χ4v) is 5.49. The maximum Gasteiger partial charge on any atom is 0.228 e. The number of nitrogens with one attached hydrogen (secondary N) is 1. The first-order chi connectivity index (χ1) is 13.7. The summed E-state index contributed by atoms with van der Waals surface area (Å²) >= 11 is 1.46. The molecule has 8 nitrogen and oxygen atoms in total. The highest BCUT2D eigenvalue weighted by Gasteiger charge is 2.31. The lowest BCUT2D eigenvalue weighted by Crippen LogP contribution is -2.46. The molecular formula is C19H30N6O2S. The molecule has 0 bridgehead atoms. The van der Waals surface area contributed by atoms with Gasteiger partial charge in [-0.15, -0.1) is 10.2 Å². The number of carbonyl (C=O) groups is 2. The van der Waals surface area contributed by atoms with E-state index in [2.05, 4.69) is 32.2 Å². The normalized spacial score (nSPS) is 26.2. The Labute approximate surface area is 170 Å². The number of likely N-dealkylation sites (tertiary alicyclic amines) is 1. The van der Waals surface area contributed by atoms with Gasteiger partial charge in [-0.3, -0.25) is 19.4 Å². The van der Waals surface area contributed by atoms with Crippen LogP contribution in [0, 0.1) is 5.92 Å². The van der Waals surface area contributed by atoms with Gasteiger partial charge >= 0.3 is 0 Å². The summed E-state index contributed by atoms with van der Waals surface area (Å²) in [5.41, 5.74) is 0. The Balaban J connectivity index is 1.32. The molecule has 4 rings (SSSR count). The maximum atomic E-state index is 12.7. The van der Waals surface area contributed by atoms with E-state index in [0.717, 1.165) is 57.1 Å². The molecular weight excluding hydrogens is 376 g/mol. The summed E-state index contributed by atoms with van der Waals surface area (Å²) in [7, 11) is 0. The number of aromatic nitrogens is 2. The minimum Gasteiger partial charge on any atom is -0.354 e. The molecule has 3 aliphatic rings. The van der Waals surface area contributed by atoms with Crippen LogP contribution in [0.3, 0.4) is 0 Å². The smallest absolute Gasteiger partial charge is 0.228 e. The molecule has 2 atom stereocenters. The molecule has 2 unspecified atom stereocenters. The van der Waals surface area contributed by atoms with E-state index in [9.17, 15) is 9.59 Å². The van der Waals surface area contributed by atoms with Crippen molar-refractivity contribution in [3.8, 4) is 0 Å². The van der Waals surface area contributed by atoms with Gasteiger partial charge in [-0.2, -0.15) is 0 Å². The summed E-state index contributed by atoms with van der Waals surface area (Å²) in [5, 5.41) is 13.2. The van der Waals surface area contributed by atoms with E-state index in [1.807, 2.05) is 0 Å². The molecule has 3 fully saturated rings. The van der Waals surface area contributed by atoms with Gasteiger partial charge in [0.05, 0.1) is 5.92 Å². The van der Waals surface area contributed by atoms with Crippen LogP contribution < -0.4 is 15.1 Å². The third kappa shape index (κ3) is 4.15. The highest BCUT2D eigenvalue weighted by molar-refractivity contribution is 7.19. The standard InChI is InChI=1S/C19H30N6O2S/c1-2-23-9-4-7-15(23)12-20-17(27)14-6-3-10-24(13-14)18-21-22-19(28-18)25-11-5-8-16(25)26/h14-15H,2-13H2,1H3,(H,20,27). The lowest BCUT2D eigenvalue weighted by atomic mass is 9.97. The summed E-state index contributed by atoms with van der Waals surface area (Å²) in [5.74, 6) is 0.282. The van der Waals surface area contributed by atoms with Crippen LogP contribution in [0.15, 0.2) is 0 Å². The van der Waals surface area contributed by atoms with Crippen molar-refractivity contribution in [3.63, 3.8) is 0 Å². The first-order valence-corrected chi connectivity index (χ1v) is 11.4. The Kier molecular flexibility index (Phi) is 6.10. The number of piperidine rings is 1. The van der Waals surface area contributed by atoms with Crippen LogP contribution in [-0.4, -0.2) is 72.2 Å². The molecule has 0 spiro atoms. The van der Waals surface area contributed by atoms with Crippen LogP contribution in [0.2, 0.25) is 0 Å². The number of anilines is 2. The minimum absolute atomic E-state index is 0.00833. The van der Waals surface area contributed by atoms with Crippen molar-refractivity contribution in [3.05, 3.63) is 0 Å². The van der Waals surface area contributed by atoms with Crippen molar-refractivity contribution in [2.75, 3.05) is 49.1 Å². The van der Waals surface area contributed by atoms with E-state index in [1.54, 1.807) is 4.90 Å². The van der Waals surface area contributed by atoms with Crippen LogP contribution in [-0.2, 0) is 9.59 Å². The van der Waals surface area contributed by atoms with E-state index in [4.69, 9.17) is 0 Å². The molecule has 1 N–H and O–H groups in total. The molecule has 28 heavy (non-hydrogen) atoms. The van der Waals surface area contributed by atoms with E-state index < -0.39 is 0 Å². The maximum absolute atomic E-state index is 12.7. The zero-order valence-corrected chi connectivity index (χ0v) is 17.4. The molecule has 0 aliphatic carbocycles. The van der Waals surface area contributed by atoms with E-state index in [1.165, 1.54) is 24.2 Å². The Morgan fingerprint density at radius 1 is 1.14 bits per heavy atom. The second-order valence-electron chi connectivity index (χ2n) is 7.97. The van der Waals surface area contributed by atoms with Gasteiger partial charge in [0.25, 0.3) is 0 Å². The predicted octanol–water partition coefficient (Wildman–Crippen LogP) is 1.48. The number of hydrogen-bond donors (Lipinski definition) is 1. The van der Waals surface area contributed by atoms with Crippen LogP contribution >= 0.6 is 11.3 Å². The van der Waals surface area contributed by atoms with Crippen LogP contribution in [0.25, 0.3) is 0 Å². The molecule has 1 aromatic heterocycles. The van der Waals surface area contributed by atoms with E-state index in [-0.39, 0.29) is 17.7 Å². The fraction of sp³-hybridized carbons (Fsp3) is 0.789. The van der Waals surface area contributed by atoms with Gasteiger partial charge < -0.3 is 10.2 Å². The molecule has 0 radical (unpaired) electrons. The Bertz CT molecular complexity index is 710. The SMILES string of the molecule is CCN1CCCC1CNC(=O)C1CCCN(c2nnc(N3CCCC3=O)s2)C1.